The number of aromatic nitrogens is 1. The number of rotatable bonds is 5. The van der Waals surface area contributed by atoms with E-state index in [0.29, 0.717) is 17.3 Å². The van der Waals surface area contributed by atoms with Gasteiger partial charge in [-0.2, -0.15) is 0 Å². The van der Waals surface area contributed by atoms with Crippen molar-refractivity contribution >= 4 is 23.5 Å². The van der Waals surface area contributed by atoms with Crippen LogP contribution < -0.4 is 15.8 Å². The number of aryl methyl sites for hydroxylation is 1. The van der Waals surface area contributed by atoms with Gasteiger partial charge in [-0.25, -0.2) is 4.98 Å². The number of hydrogen-bond donors (Lipinski definition) is 2. The molecule has 0 aliphatic rings. The first kappa shape index (κ1) is 16.5. The van der Waals surface area contributed by atoms with E-state index in [-0.39, 0.29) is 12.0 Å². The van der Waals surface area contributed by atoms with Crippen LogP contribution in [-0.2, 0) is 4.79 Å². The molecule has 23 heavy (non-hydrogen) atoms. The monoisotopic (exact) mass is 311 g/mol. The summed E-state index contributed by atoms with van der Waals surface area (Å²) in [6, 6.07) is 9.14. The number of pyridine rings is 1. The van der Waals surface area contributed by atoms with Gasteiger partial charge in [-0.15, -0.1) is 0 Å². The maximum absolute atomic E-state index is 11.9. The average Bonchev–Trinajstić information content (AvgIpc) is 2.49. The summed E-state index contributed by atoms with van der Waals surface area (Å²) < 4.78 is 5.58. The fourth-order valence-electron chi connectivity index (χ4n) is 1.98. The lowest BCUT2D eigenvalue weighted by Crippen LogP contribution is -2.10. The van der Waals surface area contributed by atoms with Crippen LogP contribution in [0.25, 0.3) is 6.08 Å². The summed E-state index contributed by atoms with van der Waals surface area (Å²) in [6.45, 7) is 5.77. The van der Waals surface area contributed by atoms with E-state index in [0.717, 1.165) is 11.1 Å². The third-order valence-electron chi connectivity index (χ3n) is 3.07. The largest absolute Gasteiger partial charge is 0.489 e. The molecule has 0 unspecified atom stereocenters. The van der Waals surface area contributed by atoms with Crippen molar-refractivity contribution in [3.05, 3.63) is 53.7 Å². The predicted octanol–water partition coefficient (Wildman–Crippen LogP) is 3.41. The highest BCUT2D eigenvalue weighted by Gasteiger charge is 2.04. The smallest absolute Gasteiger partial charge is 0.249 e. The predicted molar refractivity (Wildman–Crippen MR) is 93.3 cm³/mol. The molecule has 0 saturated heterocycles. The maximum Gasteiger partial charge on any atom is 0.249 e. The van der Waals surface area contributed by atoms with Gasteiger partial charge in [0.1, 0.15) is 11.6 Å². The van der Waals surface area contributed by atoms with Crippen LogP contribution in [0.1, 0.15) is 25.0 Å². The fraction of sp³-hybridized carbons (Fsp3) is 0.222. The van der Waals surface area contributed by atoms with Crippen LogP contribution in [0.5, 0.6) is 5.75 Å². The van der Waals surface area contributed by atoms with E-state index in [1.54, 1.807) is 24.4 Å². The zero-order valence-electron chi connectivity index (χ0n) is 13.5. The standard InChI is InChI=1S/C18H21N3O2/c1-12(2)23-16-8-6-14(11-15(16)19)7-9-17(22)21-18-13(3)5-4-10-20-18/h4-12H,19H2,1-3H3,(H,20,21,22)/b9-7-. The van der Waals surface area contributed by atoms with Gasteiger partial charge in [0.05, 0.1) is 11.8 Å². The highest BCUT2D eigenvalue weighted by Crippen LogP contribution is 2.24. The Morgan fingerprint density at radius 2 is 2.13 bits per heavy atom. The molecule has 2 rings (SSSR count). The molecule has 3 N–H and O–H groups in total. The van der Waals surface area contributed by atoms with Gasteiger partial charge in [0.15, 0.2) is 0 Å². The minimum atomic E-state index is -0.243. The molecule has 1 heterocycles. The summed E-state index contributed by atoms with van der Waals surface area (Å²) in [6.07, 6.45) is 4.85. The normalized spacial score (nSPS) is 11.0. The second-order valence-electron chi connectivity index (χ2n) is 5.46. The van der Waals surface area contributed by atoms with Crippen LogP contribution in [0.4, 0.5) is 11.5 Å². The van der Waals surface area contributed by atoms with Crippen molar-refractivity contribution in [2.75, 3.05) is 11.1 Å². The Bertz CT molecular complexity index is 724. The molecular formula is C18H21N3O2. The number of nitrogens with zero attached hydrogens (tertiary/aromatic N) is 1. The SMILES string of the molecule is Cc1cccnc1NC(=O)/C=C\c1ccc(OC(C)C)c(N)c1. The van der Waals surface area contributed by atoms with Gasteiger partial charge in [-0.3, -0.25) is 4.79 Å². The number of nitrogens with one attached hydrogen (secondary N) is 1. The quantitative estimate of drug-likeness (QED) is 0.655. The fourth-order valence-corrected chi connectivity index (χ4v) is 1.98. The average molecular weight is 311 g/mol. The summed E-state index contributed by atoms with van der Waals surface area (Å²) in [5, 5.41) is 2.74. The van der Waals surface area contributed by atoms with Crippen LogP contribution in [-0.4, -0.2) is 17.0 Å². The van der Waals surface area contributed by atoms with Gasteiger partial charge < -0.3 is 15.8 Å². The number of anilines is 2. The highest BCUT2D eigenvalue weighted by atomic mass is 16.5. The molecule has 0 radical (unpaired) electrons. The maximum atomic E-state index is 11.9. The molecule has 2 aromatic rings. The van der Waals surface area contributed by atoms with E-state index >= 15 is 0 Å². The molecule has 0 spiro atoms. The minimum Gasteiger partial charge on any atom is -0.489 e. The van der Waals surface area contributed by atoms with Gasteiger partial charge in [-0.1, -0.05) is 12.1 Å². The van der Waals surface area contributed by atoms with Gasteiger partial charge in [0, 0.05) is 12.3 Å². The van der Waals surface area contributed by atoms with Crippen molar-refractivity contribution in [1.82, 2.24) is 4.98 Å². The van der Waals surface area contributed by atoms with E-state index in [1.807, 2.05) is 39.0 Å². The number of carbonyl (C=O) groups is 1. The Labute approximate surface area is 136 Å². The van der Waals surface area contributed by atoms with E-state index < -0.39 is 0 Å². The Hall–Kier alpha value is -2.82. The number of amides is 1. The number of carbonyl (C=O) groups excluding carboxylic acids is 1. The number of nitrogens with two attached hydrogens (primary N) is 1. The molecule has 0 saturated carbocycles. The van der Waals surface area contributed by atoms with Gasteiger partial charge in [-0.05, 0) is 56.2 Å². The van der Waals surface area contributed by atoms with E-state index in [1.165, 1.54) is 6.08 Å². The van der Waals surface area contributed by atoms with Crippen LogP contribution in [0.15, 0.2) is 42.6 Å². The zero-order valence-corrected chi connectivity index (χ0v) is 13.5. The first-order chi connectivity index (χ1) is 11.0. The number of hydrogen-bond acceptors (Lipinski definition) is 4. The first-order valence-corrected chi connectivity index (χ1v) is 7.42. The van der Waals surface area contributed by atoms with Gasteiger partial charge in [0.2, 0.25) is 5.91 Å². The topological polar surface area (TPSA) is 77.2 Å². The van der Waals surface area contributed by atoms with Crippen molar-refractivity contribution < 1.29 is 9.53 Å². The van der Waals surface area contributed by atoms with Crippen molar-refractivity contribution in [2.45, 2.75) is 26.9 Å². The molecule has 0 atom stereocenters. The van der Waals surface area contributed by atoms with Crippen LogP contribution >= 0.6 is 0 Å². The summed E-state index contributed by atoms with van der Waals surface area (Å²) >= 11 is 0. The van der Waals surface area contributed by atoms with Gasteiger partial charge in [0.25, 0.3) is 0 Å². The lowest BCUT2D eigenvalue weighted by atomic mass is 10.1. The zero-order chi connectivity index (χ0) is 16.8. The molecule has 1 aromatic heterocycles. The molecule has 0 bridgehead atoms. The van der Waals surface area contributed by atoms with E-state index in [4.69, 9.17) is 10.5 Å². The molecule has 0 fully saturated rings. The summed E-state index contributed by atoms with van der Waals surface area (Å²) in [5.74, 6) is 0.959. The molecule has 120 valence electrons. The summed E-state index contributed by atoms with van der Waals surface area (Å²) in [5.41, 5.74) is 8.23. The van der Waals surface area contributed by atoms with Crippen molar-refractivity contribution in [2.24, 2.45) is 0 Å². The Morgan fingerprint density at radius 1 is 1.35 bits per heavy atom. The molecule has 0 aliphatic carbocycles. The summed E-state index contributed by atoms with van der Waals surface area (Å²) in [4.78, 5) is 16.1. The number of benzene rings is 1. The molecule has 5 heteroatoms. The number of nitrogen functional groups attached to an aromatic ring is 1. The second kappa shape index (κ2) is 7.45. The Balaban J connectivity index is 2.04. The first-order valence-electron chi connectivity index (χ1n) is 7.42. The van der Waals surface area contributed by atoms with Crippen LogP contribution in [0.2, 0.25) is 0 Å². The highest BCUT2D eigenvalue weighted by molar-refractivity contribution is 6.01. The molecule has 1 amide bonds. The van der Waals surface area contributed by atoms with Gasteiger partial charge >= 0.3 is 0 Å². The Kier molecular flexibility index (Phi) is 5.36. The summed E-state index contributed by atoms with van der Waals surface area (Å²) in [7, 11) is 0. The van der Waals surface area contributed by atoms with E-state index in [2.05, 4.69) is 10.3 Å². The third-order valence-corrected chi connectivity index (χ3v) is 3.07. The van der Waals surface area contributed by atoms with Crippen molar-refractivity contribution in [1.29, 1.82) is 0 Å². The molecular weight excluding hydrogens is 290 g/mol. The van der Waals surface area contributed by atoms with Crippen molar-refractivity contribution in [3.8, 4) is 5.75 Å². The minimum absolute atomic E-state index is 0.0612. The third kappa shape index (κ3) is 4.85. The van der Waals surface area contributed by atoms with E-state index in [9.17, 15) is 4.79 Å². The van der Waals surface area contributed by atoms with Crippen LogP contribution in [0, 0.1) is 6.92 Å². The Morgan fingerprint density at radius 3 is 2.78 bits per heavy atom. The number of ether oxygens (including phenoxy) is 1. The lowest BCUT2D eigenvalue weighted by molar-refractivity contribution is -0.111. The lowest BCUT2D eigenvalue weighted by Gasteiger charge is -2.12. The second-order valence-corrected chi connectivity index (χ2v) is 5.46. The molecule has 5 nitrogen and oxygen atoms in total. The van der Waals surface area contributed by atoms with Crippen molar-refractivity contribution in [3.63, 3.8) is 0 Å². The van der Waals surface area contributed by atoms with Crippen LogP contribution in [0.3, 0.4) is 0 Å². The molecule has 0 aliphatic heterocycles. The molecule has 1 aromatic carbocycles.